The predicted octanol–water partition coefficient (Wildman–Crippen LogP) is 2.80. The molecule has 2 aromatic rings. The monoisotopic (exact) mass is 397 g/mol. The molecule has 2 heterocycles. The zero-order chi connectivity index (χ0) is 21.0. The summed E-state index contributed by atoms with van der Waals surface area (Å²) in [6.07, 6.45) is 2.89. The Morgan fingerprint density at radius 3 is 2.45 bits per heavy atom. The molecule has 1 aromatic heterocycles. The summed E-state index contributed by atoms with van der Waals surface area (Å²) in [6.45, 7) is 8.87. The van der Waals surface area contributed by atoms with Crippen LogP contribution in [0.15, 0.2) is 42.7 Å². The van der Waals surface area contributed by atoms with Crippen molar-refractivity contribution < 1.29 is 19.4 Å². The van der Waals surface area contributed by atoms with Crippen molar-refractivity contribution in [3.63, 3.8) is 0 Å². The van der Waals surface area contributed by atoms with Gasteiger partial charge in [0, 0.05) is 38.1 Å². The van der Waals surface area contributed by atoms with E-state index in [1.165, 1.54) is 23.6 Å². The Bertz CT molecular complexity index is 884. The number of carbonyl (C=O) groups is 2. The van der Waals surface area contributed by atoms with Crippen molar-refractivity contribution in [2.75, 3.05) is 37.7 Å². The van der Waals surface area contributed by atoms with Crippen LogP contribution in [-0.2, 0) is 10.2 Å². The Labute approximate surface area is 170 Å². The molecule has 1 aromatic carbocycles. The lowest BCUT2D eigenvalue weighted by molar-refractivity contribution is -0.139. The second-order valence-electron chi connectivity index (χ2n) is 8.14. The molecule has 7 nitrogen and oxygen atoms in total. The van der Waals surface area contributed by atoms with Crippen LogP contribution in [0.1, 0.15) is 36.7 Å². The van der Waals surface area contributed by atoms with Gasteiger partial charge < -0.3 is 19.6 Å². The number of rotatable bonds is 5. The first-order valence-electron chi connectivity index (χ1n) is 9.69. The number of hydrogen-bond acceptors (Lipinski definition) is 5. The number of anilines is 1. The van der Waals surface area contributed by atoms with Gasteiger partial charge in [-0.1, -0.05) is 39.0 Å². The molecule has 0 spiro atoms. The summed E-state index contributed by atoms with van der Waals surface area (Å²) < 4.78 is 5.12. The number of ether oxygens (including phenoxy) is 1. The van der Waals surface area contributed by atoms with Crippen LogP contribution in [0, 0.1) is 0 Å². The fourth-order valence-electron chi connectivity index (χ4n) is 3.48. The van der Waals surface area contributed by atoms with Gasteiger partial charge in [0.2, 0.25) is 0 Å². The number of nitrogens with zero attached hydrogens (tertiary/aromatic N) is 3. The number of aliphatic carboxylic acids is 1. The minimum absolute atomic E-state index is 0.0472. The number of aromatic nitrogens is 1. The number of piperazine rings is 1. The summed E-state index contributed by atoms with van der Waals surface area (Å²) in [4.78, 5) is 31.6. The standard InChI is InChI=1S/C22H27N3O4/c1-22(2,3)18-6-4-5-7-19(18)24-8-10-25(11-9-24)21(28)16-12-17(14-23-13-16)29-15-20(26)27/h4-7,12-14H,8-11,15H2,1-3H3,(H,26,27). The van der Waals surface area contributed by atoms with Crippen molar-refractivity contribution in [2.24, 2.45) is 0 Å². The van der Waals surface area contributed by atoms with E-state index in [0.29, 0.717) is 18.7 Å². The average molecular weight is 397 g/mol. The Hall–Kier alpha value is -3.09. The van der Waals surface area contributed by atoms with E-state index in [-0.39, 0.29) is 17.1 Å². The van der Waals surface area contributed by atoms with Crippen LogP contribution >= 0.6 is 0 Å². The summed E-state index contributed by atoms with van der Waals surface area (Å²) in [5.41, 5.74) is 2.97. The van der Waals surface area contributed by atoms with E-state index in [4.69, 9.17) is 9.84 Å². The van der Waals surface area contributed by atoms with E-state index in [9.17, 15) is 9.59 Å². The van der Waals surface area contributed by atoms with Gasteiger partial charge >= 0.3 is 5.97 Å². The van der Waals surface area contributed by atoms with E-state index in [0.717, 1.165) is 13.1 Å². The molecule has 1 aliphatic rings. The zero-order valence-corrected chi connectivity index (χ0v) is 17.1. The van der Waals surface area contributed by atoms with E-state index >= 15 is 0 Å². The van der Waals surface area contributed by atoms with Crippen LogP contribution in [0.5, 0.6) is 5.75 Å². The first kappa shape index (κ1) is 20.6. The summed E-state index contributed by atoms with van der Waals surface area (Å²) in [7, 11) is 0. The van der Waals surface area contributed by atoms with Crippen molar-refractivity contribution in [3.05, 3.63) is 53.9 Å². The van der Waals surface area contributed by atoms with Crippen molar-refractivity contribution >= 4 is 17.6 Å². The maximum Gasteiger partial charge on any atom is 0.341 e. The third-order valence-corrected chi connectivity index (χ3v) is 4.94. The van der Waals surface area contributed by atoms with E-state index in [1.807, 2.05) is 0 Å². The zero-order valence-electron chi connectivity index (χ0n) is 17.1. The van der Waals surface area contributed by atoms with Gasteiger partial charge in [0.25, 0.3) is 5.91 Å². The molecule has 0 bridgehead atoms. The number of carboxylic acids is 1. The van der Waals surface area contributed by atoms with Gasteiger partial charge in [-0.15, -0.1) is 0 Å². The first-order chi connectivity index (χ1) is 13.8. The van der Waals surface area contributed by atoms with Crippen molar-refractivity contribution in [3.8, 4) is 5.75 Å². The van der Waals surface area contributed by atoms with Crippen LogP contribution in [-0.4, -0.2) is 59.7 Å². The molecule has 0 saturated carbocycles. The molecule has 154 valence electrons. The Morgan fingerprint density at radius 1 is 1.10 bits per heavy atom. The maximum atomic E-state index is 12.9. The minimum atomic E-state index is -1.08. The summed E-state index contributed by atoms with van der Waals surface area (Å²) in [6, 6.07) is 9.97. The van der Waals surface area contributed by atoms with E-state index < -0.39 is 12.6 Å². The number of amides is 1. The second kappa shape index (κ2) is 8.51. The number of carboxylic acid groups (broad SMARTS) is 1. The molecule has 1 amide bonds. The fourth-order valence-corrected chi connectivity index (χ4v) is 3.48. The van der Waals surface area contributed by atoms with Gasteiger partial charge in [-0.2, -0.15) is 0 Å². The first-order valence-corrected chi connectivity index (χ1v) is 9.69. The normalized spacial score (nSPS) is 14.6. The predicted molar refractivity (Wildman–Crippen MR) is 111 cm³/mol. The van der Waals surface area contributed by atoms with Gasteiger partial charge in [-0.05, 0) is 23.1 Å². The summed E-state index contributed by atoms with van der Waals surface area (Å²) in [5.74, 6) is -0.925. The van der Waals surface area contributed by atoms with Gasteiger partial charge in [-0.3, -0.25) is 9.78 Å². The minimum Gasteiger partial charge on any atom is -0.480 e. The highest BCUT2D eigenvalue weighted by Gasteiger charge is 2.26. The molecule has 7 heteroatoms. The topological polar surface area (TPSA) is 83.0 Å². The Balaban J connectivity index is 1.66. The summed E-state index contributed by atoms with van der Waals surface area (Å²) in [5, 5.41) is 8.72. The van der Waals surface area contributed by atoms with Crippen LogP contribution in [0.2, 0.25) is 0 Å². The molecular weight excluding hydrogens is 370 g/mol. The molecule has 0 aliphatic carbocycles. The Kier molecular flexibility index (Phi) is 6.06. The highest BCUT2D eigenvalue weighted by atomic mass is 16.5. The number of pyridine rings is 1. The molecule has 0 unspecified atom stereocenters. The molecule has 0 radical (unpaired) electrons. The second-order valence-corrected chi connectivity index (χ2v) is 8.14. The van der Waals surface area contributed by atoms with Crippen LogP contribution < -0.4 is 9.64 Å². The van der Waals surface area contributed by atoms with Crippen molar-refractivity contribution in [2.45, 2.75) is 26.2 Å². The molecule has 3 rings (SSSR count). The average Bonchev–Trinajstić information content (AvgIpc) is 2.71. The number of carbonyl (C=O) groups excluding carboxylic acids is 1. The molecule has 0 atom stereocenters. The highest BCUT2D eigenvalue weighted by Crippen LogP contribution is 2.32. The quantitative estimate of drug-likeness (QED) is 0.835. The van der Waals surface area contributed by atoms with Gasteiger partial charge in [-0.25, -0.2) is 4.79 Å². The van der Waals surface area contributed by atoms with Gasteiger partial charge in [0.05, 0.1) is 11.8 Å². The lowest BCUT2D eigenvalue weighted by Crippen LogP contribution is -2.49. The van der Waals surface area contributed by atoms with Gasteiger partial charge in [0.1, 0.15) is 5.75 Å². The molecule has 29 heavy (non-hydrogen) atoms. The SMILES string of the molecule is CC(C)(C)c1ccccc1N1CCN(C(=O)c2cncc(OCC(=O)O)c2)CC1. The Morgan fingerprint density at radius 2 is 1.79 bits per heavy atom. The number of benzene rings is 1. The number of hydrogen-bond donors (Lipinski definition) is 1. The largest absolute Gasteiger partial charge is 0.480 e. The third-order valence-electron chi connectivity index (χ3n) is 4.94. The van der Waals surface area contributed by atoms with E-state index in [1.54, 1.807) is 11.0 Å². The fraction of sp³-hybridized carbons (Fsp3) is 0.409. The molecule has 1 fully saturated rings. The maximum absolute atomic E-state index is 12.9. The molecular formula is C22H27N3O4. The molecule has 1 saturated heterocycles. The van der Waals surface area contributed by atoms with E-state index in [2.05, 4.69) is 54.9 Å². The lowest BCUT2D eigenvalue weighted by atomic mass is 9.85. The lowest BCUT2D eigenvalue weighted by Gasteiger charge is -2.38. The smallest absolute Gasteiger partial charge is 0.341 e. The third kappa shape index (κ3) is 5.04. The van der Waals surface area contributed by atoms with Crippen LogP contribution in [0.25, 0.3) is 0 Å². The summed E-state index contributed by atoms with van der Waals surface area (Å²) >= 11 is 0. The van der Waals surface area contributed by atoms with Crippen LogP contribution in [0.4, 0.5) is 5.69 Å². The molecule has 1 N–H and O–H groups in total. The van der Waals surface area contributed by atoms with Crippen molar-refractivity contribution in [1.82, 2.24) is 9.88 Å². The molecule has 1 aliphatic heterocycles. The van der Waals surface area contributed by atoms with Gasteiger partial charge in [0.15, 0.2) is 6.61 Å². The van der Waals surface area contributed by atoms with Crippen LogP contribution in [0.3, 0.4) is 0 Å². The van der Waals surface area contributed by atoms with Crippen molar-refractivity contribution in [1.29, 1.82) is 0 Å². The highest BCUT2D eigenvalue weighted by molar-refractivity contribution is 5.94. The number of para-hydroxylation sites is 1.